The van der Waals surface area contributed by atoms with Crippen molar-refractivity contribution in [3.05, 3.63) is 35.9 Å². The minimum Gasteiger partial charge on any atom is -0.481 e. The highest BCUT2D eigenvalue weighted by Gasteiger charge is 2.29. The van der Waals surface area contributed by atoms with Gasteiger partial charge in [0.2, 0.25) is 5.91 Å². The van der Waals surface area contributed by atoms with Gasteiger partial charge in [-0.3, -0.25) is 9.59 Å². The first-order valence-corrected chi connectivity index (χ1v) is 5.17. The molecule has 4 N–H and O–H groups in total. The van der Waals surface area contributed by atoms with Crippen LogP contribution in [0.25, 0.3) is 5.70 Å². The van der Waals surface area contributed by atoms with Crippen LogP contribution in [-0.2, 0) is 9.59 Å². The number of carbonyl (C=O) groups is 2. The summed E-state index contributed by atoms with van der Waals surface area (Å²) in [6.07, 6.45) is 1.92. The molecule has 0 spiro atoms. The molecule has 1 heterocycles. The van der Waals surface area contributed by atoms with Crippen LogP contribution in [0.4, 0.5) is 5.69 Å². The Kier molecular flexibility index (Phi) is 2.82. The normalized spacial score (nSPS) is 19.4. The van der Waals surface area contributed by atoms with Gasteiger partial charge in [0.15, 0.2) is 0 Å². The van der Waals surface area contributed by atoms with E-state index in [4.69, 9.17) is 10.8 Å². The third kappa shape index (κ3) is 2.28. The van der Waals surface area contributed by atoms with Gasteiger partial charge in [0, 0.05) is 11.4 Å². The molecule has 1 aliphatic heterocycles. The number of carboxylic acids is 1. The van der Waals surface area contributed by atoms with Crippen molar-refractivity contribution in [2.75, 3.05) is 5.73 Å². The number of aliphatic carboxylic acids is 1. The molecule has 5 heteroatoms. The molecule has 88 valence electrons. The third-order valence-corrected chi connectivity index (χ3v) is 2.65. The average Bonchev–Trinajstić information content (AvgIpc) is 2.29. The monoisotopic (exact) mass is 232 g/mol. The number of hydrogen-bond acceptors (Lipinski definition) is 3. The zero-order chi connectivity index (χ0) is 12.4. The smallest absolute Gasteiger partial charge is 0.316 e. The van der Waals surface area contributed by atoms with Gasteiger partial charge in [-0.15, -0.1) is 0 Å². The summed E-state index contributed by atoms with van der Waals surface area (Å²) in [4.78, 5) is 22.3. The Balaban J connectivity index is 2.22. The SMILES string of the molecule is Nc1ccc(C2=CCC(C(=O)O)C(=O)N2)cc1. The second-order valence-corrected chi connectivity index (χ2v) is 3.86. The molecular formula is C12H12N2O3. The van der Waals surface area contributed by atoms with Crippen LogP contribution in [-0.4, -0.2) is 17.0 Å². The average molecular weight is 232 g/mol. The molecule has 1 unspecified atom stereocenters. The lowest BCUT2D eigenvalue weighted by atomic mass is 9.98. The molecule has 0 radical (unpaired) electrons. The van der Waals surface area contributed by atoms with Gasteiger partial charge in [-0.25, -0.2) is 0 Å². The second kappa shape index (κ2) is 4.29. The largest absolute Gasteiger partial charge is 0.481 e. The molecule has 1 atom stereocenters. The number of nitrogens with two attached hydrogens (primary N) is 1. The Morgan fingerprint density at radius 3 is 2.53 bits per heavy atom. The Morgan fingerprint density at radius 2 is 2.00 bits per heavy atom. The molecule has 17 heavy (non-hydrogen) atoms. The van der Waals surface area contributed by atoms with E-state index in [1.165, 1.54) is 0 Å². The van der Waals surface area contributed by atoms with Crippen molar-refractivity contribution in [2.24, 2.45) is 5.92 Å². The third-order valence-electron chi connectivity index (χ3n) is 2.65. The van der Waals surface area contributed by atoms with E-state index in [-0.39, 0.29) is 6.42 Å². The fourth-order valence-electron chi connectivity index (χ4n) is 1.68. The molecule has 0 saturated carbocycles. The fraction of sp³-hybridized carbons (Fsp3) is 0.167. The number of benzene rings is 1. The van der Waals surface area contributed by atoms with Crippen LogP contribution in [0.15, 0.2) is 30.3 Å². The van der Waals surface area contributed by atoms with Gasteiger partial charge in [-0.2, -0.15) is 0 Å². The van der Waals surface area contributed by atoms with Crippen LogP contribution in [0.1, 0.15) is 12.0 Å². The Morgan fingerprint density at radius 1 is 1.35 bits per heavy atom. The molecule has 0 aromatic heterocycles. The lowest BCUT2D eigenvalue weighted by Gasteiger charge is -2.19. The van der Waals surface area contributed by atoms with Crippen LogP contribution < -0.4 is 11.1 Å². The first-order chi connectivity index (χ1) is 8.08. The summed E-state index contributed by atoms with van der Waals surface area (Å²) in [6.45, 7) is 0. The lowest BCUT2D eigenvalue weighted by Crippen LogP contribution is -2.37. The number of rotatable bonds is 2. The zero-order valence-electron chi connectivity index (χ0n) is 9.01. The van der Waals surface area contributed by atoms with Crippen molar-refractivity contribution in [1.29, 1.82) is 0 Å². The molecule has 0 fully saturated rings. The Hall–Kier alpha value is -2.30. The van der Waals surface area contributed by atoms with Crippen LogP contribution in [0.3, 0.4) is 0 Å². The van der Waals surface area contributed by atoms with Gasteiger partial charge in [-0.05, 0) is 24.1 Å². The molecule has 1 aliphatic rings. The summed E-state index contributed by atoms with van der Waals surface area (Å²) in [5, 5.41) is 11.4. The van der Waals surface area contributed by atoms with Crippen LogP contribution >= 0.6 is 0 Å². The number of hydrogen-bond donors (Lipinski definition) is 3. The number of anilines is 1. The van der Waals surface area contributed by atoms with Crippen LogP contribution in [0.5, 0.6) is 0 Å². The van der Waals surface area contributed by atoms with E-state index in [2.05, 4.69) is 5.32 Å². The van der Waals surface area contributed by atoms with Gasteiger partial charge in [-0.1, -0.05) is 18.2 Å². The van der Waals surface area contributed by atoms with E-state index in [0.717, 1.165) is 5.56 Å². The minimum atomic E-state index is -1.10. The van der Waals surface area contributed by atoms with E-state index in [9.17, 15) is 9.59 Å². The maximum Gasteiger partial charge on any atom is 0.316 e. The molecule has 0 saturated heterocycles. The van der Waals surface area contributed by atoms with Gasteiger partial charge < -0.3 is 16.2 Å². The number of carbonyl (C=O) groups excluding carboxylic acids is 1. The summed E-state index contributed by atoms with van der Waals surface area (Å²) in [5.41, 5.74) is 7.65. The predicted molar refractivity (Wildman–Crippen MR) is 62.7 cm³/mol. The highest BCUT2D eigenvalue weighted by Crippen LogP contribution is 2.21. The van der Waals surface area contributed by atoms with E-state index in [1.807, 2.05) is 0 Å². The topological polar surface area (TPSA) is 92.4 Å². The first kappa shape index (κ1) is 11.2. The molecule has 0 bridgehead atoms. The van der Waals surface area contributed by atoms with E-state index >= 15 is 0 Å². The summed E-state index contributed by atoms with van der Waals surface area (Å²) in [6, 6.07) is 7.02. The van der Waals surface area contributed by atoms with Crippen LogP contribution in [0.2, 0.25) is 0 Å². The molecule has 0 aliphatic carbocycles. The van der Waals surface area contributed by atoms with Gasteiger partial charge >= 0.3 is 5.97 Å². The molecule has 1 aromatic carbocycles. The minimum absolute atomic E-state index is 0.209. The molecular weight excluding hydrogens is 220 g/mol. The second-order valence-electron chi connectivity index (χ2n) is 3.86. The molecule has 5 nitrogen and oxygen atoms in total. The van der Waals surface area contributed by atoms with Crippen LogP contribution in [0, 0.1) is 5.92 Å². The summed E-state index contributed by atoms with van der Waals surface area (Å²) >= 11 is 0. The van der Waals surface area contributed by atoms with Gasteiger partial charge in [0.25, 0.3) is 0 Å². The summed E-state index contributed by atoms with van der Waals surface area (Å²) < 4.78 is 0. The maximum atomic E-state index is 11.5. The van der Waals surface area contributed by atoms with Crippen molar-refractivity contribution in [3.8, 4) is 0 Å². The van der Waals surface area contributed by atoms with Crippen molar-refractivity contribution >= 4 is 23.3 Å². The highest BCUT2D eigenvalue weighted by molar-refractivity contribution is 6.02. The number of amides is 1. The Labute approximate surface area is 97.9 Å². The number of nitrogens with one attached hydrogen (secondary N) is 1. The summed E-state index contributed by atoms with van der Waals surface area (Å²) in [7, 11) is 0. The Bertz CT molecular complexity index is 491. The van der Waals surface area contributed by atoms with Gasteiger partial charge in [0.05, 0.1) is 0 Å². The standard InChI is InChI=1S/C12H12N2O3/c13-8-3-1-7(2-4-8)10-6-5-9(12(16)17)11(15)14-10/h1-4,6,9H,5,13H2,(H,14,15)(H,16,17). The predicted octanol–water partition coefficient (Wildman–Crippen LogP) is 0.830. The lowest BCUT2D eigenvalue weighted by molar-refractivity contribution is -0.146. The summed E-state index contributed by atoms with van der Waals surface area (Å²) in [5.74, 6) is -2.57. The maximum absolute atomic E-state index is 11.5. The van der Waals surface area contributed by atoms with E-state index in [0.29, 0.717) is 11.4 Å². The highest BCUT2D eigenvalue weighted by atomic mass is 16.4. The molecule has 1 amide bonds. The number of carboxylic acid groups (broad SMARTS) is 1. The number of nitrogen functional groups attached to an aromatic ring is 1. The zero-order valence-corrected chi connectivity index (χ0v) is 9.01. The van der Waals surface area contributed by atoms with Gasteiger partial charge in [0.1, 0.15) is 5.92 Å². The fourth-order valence-corrected chi connectivity index (χ4v) is 1.68. The number of allylic oxidation sites excluding steroid dienone is 1. The van der Waals surface area contributed by atoms with E-state index < -0.39 is 17.8 Å². The quantitative estimate of drug-likeness (QED) is 0.520. The van der Waals surface area contributed by atoms with Crippen molar-refractivity contribution in [3.63, 3.8) is 0 Å². The van der Waals surface area contributed by atoms with Crippen molar-refractivity contribution < 1.29 is 14.7 Å². The first-order valence-electron chi connectivity index (χ1n) is 5.17. The van der Waals surface area contributed by atoms with E-state index in [1.54, 1.807) is 30.3 Å². The molecule has 1 aromatic rings. The van der Waals surface area contributed by atoms with Crippen molar-refractivity contribution in [1.82, 2.24) is 5.32 Å². The van der Waals surface area contributed by atoms with Crippen molar-refractivity contribution in [2.45, 2.75) is 6.42 Å². The molecule has 2 rings (SSSR count).